The molecule has 154 valence electrons. The molecule has 0 aliphatic carbocycles. The van der Waals surface area contributed by atoms with Crippen LogP contribution >= 0.6 is 27.7 Å². The van der Waals surface area contributed by atoms with Crippen LogP contribution in [0.2, 0.25) is 0 Å². The average molecular weight is 479 g/mol. The van der Waals surface area contributed by atoms with Gasteiger partial charge in [0, 0.05) is 58.2 Å². The number of rotatable bonds is 6. The van der Waals surface area contributed by atoms with E-state index in [9.17, 15) is 9.50 Å². The maximum atomic E-state index is 12.4. The number of likely N-dealkylation sites (tertiary alicyclic amines) is 1. The van der Waals surface area contributed by atoms with E-state index in [0.717, 1.165) is 64.3 Å². The first-order valence-electron chi connectivity index (χ1n) is 9.90. The van der Waals surface area contributed by atoms with Crippen LogP contribution in [-0.2, 0) is 0 Å². The number of phenols is 1. The summed E-state index contributed by atoms with van der Waals surface area (Å²) in [5.41, 5.74) is 3.24. The van der Waals surface area contributed by atoms with Gasteiger partial charge in [0.15, 0.2) is 0 Å². The van der Waals surface area contributed by atoms with Crippen LogP contribution in [0.15, 0.2) is 45.9 Å². The van der Waals surface area contributed by atoms with Crippen molar-refractivity contribution in [3.8, 4) is 11.6 Å². The van der Waals surface area contributed by atoms with Gasteiger partial charge >= 0.3 is 0 Å². The molecule has 3 heterocycles. The van der Waals surface area contributed by atoms with Gasteiger partial charge in [-0.1, -0.05) is 15.9 Å². The van der Waals surface area contributed by atoms with Gasteiger partial charge in [-0.05, 0) is 49.1 Å². The lowest BCUT2D eigenvalue weighted by molar-refractivity contribution is 0.191. The molecular weight excluding hydrogens is 455 g/mol. The molecule has 1 fully saturated rings. The van der Waals surface area contributed by atoms with Gasteiger partial charge in [-0.2, -0.15) is 0 Å². The maximum absolute atomic E-state index is 12.4. The lowest BCUT2D eigenvalue weighted by Crippen LogP contribution is -2.26. The first-order valence-corrected chi connectivity index (χ1v) is 11.7. The quantitative estimate of drug-likeness (QED) is 0.613. The summed E-state index contributed by atoms with van der Waals surface area (Å²) in [6.45, 7) is 2.30. The molecular formula is C22H24BrFN2O2S. The fourth-order valence-electron chi connectivity index (χ4n) is 3.82. The first kappa shape index (κ1) is 20.7. The van der Waals surface area contributed by atoms with Gasteiger partial charge in [-0.25, -0.2) is 4.98 Å². The Balaban J connectivity index is 1.50. The lowest BCUT2D eigenvalue weighted by Gasteiger charge is -2.16. The number of phenolic OH excluding ortho intramolecular Hbond substituents is 1. The molecule has 1 N–H and O–H groups in total. The standard InChI is InChI=1S/C22H24BrFN2O2S/c23-19-7-11-29-20-12-16(27)3-4-18(20)22(19)15-2-5-21(25-13-15)28-17-6-10-26(14-17)9-1-8-24/h2-5,12-13,17,27H,1,6-11,14H2/t17-/m0/s1. The molecule has 0 amide bonds. The largest absolute Gasteiger partial charge is 0.508 e. The van der Waals surface area contributed by atoms with Gasteiger partial charge in [-0.3, -0.25) is 9.29 Å². The van der Waals surface area contributed by atoms with E-state index < -0.39 is 0 Å². The third-order valence-corrected chi connectivity index (χ3v) is 7.08. The van der Waals surface area contributed by atoms with Crippen molar-refractivity contribution in [1.82, 2.24) is 9.88 Å². The molecule has 1 aromatic carbocycles. The van der Waals surface area contributed by atoms with Crippen molar-refractivity contribution < 1.29 is 14.2 Å². The Morgan fingerprint density at radius 1 is 1.31 bits per heavy atom. The number of alkyl halides is 1. The molecule has 29 heavy (non-hydrogen) atoms. The van der Waals surface area contributed by atoms with Crippen molar-refractivity contribution in [3.05, 3.63) is 52.1 Å². The number of ether oxygens (including phenoxy) is 1. The summed E-state index contributed by atoms with van der Waals surface area (Å²) in [6, 6.07) is 9.48. The van der Waals surface area contributed by atoms with Crippen LogP contribution in [0.4, 0.5) is 4.39 Å². The number of aromatic nitrogens is 1. The maximum Gasteiger partial charge on any atom is 0.213 e. The summed E-state index contributed by atoms with van der Waals surface area (Å²) in [5, 5.41) is 9.85. The van der Waals surface area contributed by atoms with Crippen molar-refractivity contribution in [2.24, 2.45) is 0 Å². The third-order valence-electron chi connectivity index (χ3n) is 5.23. The zero-order chi connectivity index (χ0) is 20.2. The van der Waals surface area contributed by atoms with E-state index in [2.05, 4.69) is 25.8 Å². The Hall–Kier alpha value is -1.57. The number of pyridine rings is 1. The molecule has 0 bridgehead atoms. The molecule has 0 spiro atoms. The van der Waals surface area contributed by atoms with Crippen molar-refractivity contribution in [2.45, 2.75) is 30.3 Å². The van der Waals surface area contributed by atoms with Crippen LogP contribution in [0.25, 0.3) is 5.57 Å². The highest BCUT2D eigenvalue weighted by atomic mass is 79.9. The van der Waals surface area contributed by atoms with E-state index in [0.29, 0.717) is 12.3 Å². The monoisotopic (exact) mass is 478 g/mol. The number of nitrogens with zero attached hydrogens (tertiary/aromatic N) is 2. The first-order chi connectivity index (χ1) is 14.1. The SMILES string of the molecule is Oc1ccc2c(c1)SCCC(Br)=C2c1ccc(O[C@H]2CCN(CCCF)C2)nc1. The highest BCUT2D eigenvalue weighted by Gasteiger charge is 2.24. The summed E-state index contributed by atoms with van der Waals surface area (Å²) in [7, 11) is 0. The van der Waals surface area contributed by atoms with Gasteiger partial charge in [0.05, 0.1) is 6.67 Å². The minimum atomic E-state index is -0.266. The number of allylic oxidation sites excluding steroid dienone is 1. The molecule has 1 aromatic heterocycles. The van der Waals surface area contributed by atoms with Gasteiger partial charge in [0.2, 0.25) is 5.88 Å². The summed E-state index contributed by atoms with van der Waals surface area (Å²) in [6.07, 6.45) is 4.41. The average Bonchev–Trinajstić information content (AvgIpc) is 3.09. The number of thioether (sulfide) groups is 1. The van der Waals surface area contributed by atoms with E-state index in [1.807, 2.05) is 30.5 Å². The molecule has 1 saturated heterocycles. The summed E-state index contributed by atoms with van der Waals surface area (Å²) >= 11 is 5.51. The number of halogens is 2. The van der Waals surface area contributed by atoms with Crippen molar-refractivity contribution in [2.75, 3.05) is 32.1 Å². The fraction of sp³-hybridized carbons (Fsp3) is 0.409. The van der Waals surface area contributed by atoms with E-state index in [1.54, 1.807) is 17.8 Å². The number of fused-ring (bicyclic) bond motifs is 1. The van der Waals surface area contributed by atoms with Gasteiger partial charge < -0.3 is 9.84 Å². The Kier molecular flexibility index (Phi) is 6.77. The highest BCUT2D eigenvalue weighted by Crippen LogP contribution is 2.42. The minimum Gasteiger partial charge on any atom is -0.508 e. The van der Waals surface area contributed by atoms with Crippen LogP contribution in [0.3, 0.4) is 0 Å². The molecule has 4 rings (SSSR count). The van der Waals surface area contributed by atoms with Gasteiger partial charge in [0.1, 0.15) is 11.9 Å². The smallest absolute Gasteiger partial charge is 0.213 e. The Bertz CT molecular complexity index is 891. The Morgan fingerprint density at radius 2 is 2.21 bits per heavy atom. The fourth-order valence-corrected chi connectivity index (χ4v) is 5.78. The summed E-state index contributed by atoms with van der Waals surface area (Å²) in [4.78, 5) is 7.87. The van der Waals surface area contributed by atoms with Crippen LogP contribution in [0, 0.1) is 0 Å². The predicted octanol–water partition coefficient (Wildman–Crippen LogP) is 5.25. The van der Waals surface area contributed by atoms with E-state index in [4.69, 9.17) is 4.74 Å². The van der Waals surface area contributed by atoms with E-state index in [-0.39, 0.29) is 18.5 Å². The topological polar surface area (TPSA) is 45.6 Å². The number of hydrogen-bond donors (Lipinski definition) is 1. The molecule has 0 saturated carbocycles. The molecule has 0 radical (unpaired) electrons. The normalized spacial score (nSPS) is 19.9. The number of aromatic hydroxyl groups is 1. The van der Waals surface area contributed by atoms with E-state index >= 15 is 0 Å². The molecule has 1 atom stereocenters. The van der Waals surface area contributed by atoms with Crippen molar-refractivity contribution in [3.63, 3.8) is 0 Å². The van der Waals surface area contributed by atoms with Crippen LogP contribution < -0.4 is 4.74 Å². The second kappa shape index (κ2) is 9.49. The van der Waals surface area contributed by atoms with Crippen LogP contribution in [-0.4, -0.2) is 53.2 Å². The zero-order valence-electron chi connectivity index (χ0n) is 16.1. The molecule has 2 aliphatic rings. The summed E-state index contributed by atoms with van der Waals surface area (Å²) < 4.78 is 19.6. The highest BCUT2D eigenvalue weighted by molar-refractivity contribution is 9.11. The second-order valence-corrected chi connectivity index (χ2v) is 9.41. The third kappa shape index (κ3) is 4.95. The Morgan fingerprint density at radius 3 is 3.00 bits per heavy atom. The predicted molar refractivity (Wildman–Crippen MR) is 119 cm³/mol. The molecule has 4 nitrogen and oxygen atoms in total. The van der Waals surface area contributed by atoms with E-state index in [1.165, 1.54) is 0 Å². The summed E-state index contributed by atoms with van der Waals surface area (Å²) in [5.74, 6) is 1.86. The van der Waals surface area contributed by atoms with Crippen molar-refractivity contribution in [1.29, 1.82) is 0 Å². The zero-order valence-corrected chi connectivity index (χ0v) is 18.5. The van der Waals surface area contributed by atoms with Gasteiger partial charge in [-0.15, -0.1) is 11.8 Å². The van der Waals surface area contributed by atoms with Crippen LogP contribution in [0.1, 0.15) is 30.4 Å². The number of hydrogen-bond acceptors (Lipinski definition) is 5. The van der Waals surface area contributed by atoms with Gasteiger partial charge in [0.25, 0.3) is 0 Å². The molecule has 7 heteroatoms. The molecule has 2 aliphatic heterocycles. The van der Waals surface area contributed by atoms with Crippen molar-refractivity contribution >= 4 is 33.3 Å². The number of benzene rings is 1. The molecule has 0 unspecified atom stereocenters. The Labute approximate surface area is 183 Å². The molecule has 2 aromatic rings. The van der Waals surface area contributed by atoms with Crippen LogP contribution in [0.5, 0.6) is 11.6 Å². The lowest BCUT2D eigenvalue weighted by atomic mass is 9.98. The second-order valence-electron chi connectivity index (χ2n) is 7.32. The minimum absolute atomic E-state index is 0.108.